The van der Waals surface area contributed by atoms with Crippen LogP contribution in [-0.4, -0.2) is 43.4 Å². The summed E-state index contributed by atoms with van der Waals surface area (Å²) in [7, 11) is 0. The summed E-state index contributed by atoms with van der Waals surface area (Å²) in [6, 6.07) is 0. The highest BCUT2D eigenvalue weighted by Gasteiger charge is 2.42. The summed E-state index contributed by atoms with van der Waals surface area (Å²) in [6.45, 7) is 1.32. The second kappa shape index (κ2) is 8.81. The summed E-state index contributed by atoms with van der Waals surface area (Å²) < 4.78 is 11.8. The molecule has 3 aliphatic rings. The predicted octanol–water partition coefficient (Wildman–Crippen LogP) is 2.19. The number of rotatable bonds is 5. The third kappa shape index (κ3) is 5.28. The molecule has 1 saturated carbocycles. The van der Waals surface area contributed by atoms with Gasteiger partial charge in [-0.3, -0.25) is 9.59 Å². The third-order valence-corrected chi connectivity index (χ3v) is 5.34. The Bertz CT molecular complexity index is 512. The van der Waals surface area contributed by atoms with Gasteiger partial charge in [-0.25, -0.2) is 0 Å². The lowest BCUT2D eigenvalue weighted by atomic mass is 9.94. The molecule has 2 amide bonds. The third-order valence-electron chi connectivity index (χ3n) is 5.34. The van der Waals surface area contributed by atoms with Crippen LogP contribution in [0.5, 0.6) is 0 Å². The first kappa shape index (κ1) is 18.4. The molecular formula is C19H30N2O4. The molecular weight excluding hydrogens is 320 g/mol. The minimum atomic E-state index is -0.592. The van der Waals surface area contributed by atoms with Gasteiger partial charge in [0.25, 0.3) is 0 Å². The molecule has 0 aromatic heterocycles. The Labute approximate surface area is 149 Å². The molecule has 6 heteroatoms. The second-order valence-electron chi connectivity index (χ2n) is 7.35. The van der Waals surface area contributed by atoms with E-state index in [4.69, 9.17) is 9.47 Å². The molecule has 1 saturated heterocycles. The van der Waals surface area contributed by atoms with Gasteiger partial charge in [-0.1, -0.05) is 18.1 Å². The van der Waals surface area contributed by atoms with Gasteiger partial charge in [-0.05, 0) is 44.9 Å². The van der Waals surface area contributed by atoms with Crippen molar-refractivity contribution < 1.29 is 19.1 Å². The second-order valence-corrected chi connectivity index (χ2v) is 7.35. The maximum absolute atomic E-state index is 11.9. The zero-order valence-electron chi connectivity index (χ0n) is 15.0. The molecule has 2 N–H and O–H groups in total. The number of carbonyl (C=O) groups excluding carboxylic acids is 2. The quantitative estimate of drug-likeness (QED) is 0.589. The van der Waals surface area contributed by atoms with Gasteiger partial charge < -0.3 is 20.1 Å². The Kier molecular flexibility index (Phi) is 6.48. The first-order valence-corrected chi connectivity index (χ1v) is 9.73. The van der Waals surface area contributed by atoms with Gasteiger partial charge in [0, 0.05) is 25.9 Å². The van der Waals surface area contributed by atoms with E-state index >= 15 is 0 Å². The molecule has 140 valence electrons. The van der Waals surface area contributed by atoms with Crippen molar-refractivity contribution in [3.8, 4) is 0 Å². The van der Waals surface area contributed by atoms with E-state index in [9.17, 15) is 9.59 Å². The largest absolute Gasteiger partial charge is 0.348 e. The van der Waals surface area contributed by atoms with Crippen molar-refractivity contribution in [2.24, 2.45) is 0 Å². The number of allylic oxidation sites excluding steroid dienone is 1. The van der Waals surface area contributed by atoms with E-state index in [0.717, 1.165) is 44.9 Å². The van der Waals surface area contributed by atoms with Gasteiger partial charge in [0.1, 0.15) is 6.10 Å². The Morgan fingerprint density at radius 3 is 2.64 bits per heavy atom. The van der Waals surface area contributed by atoms with Gasteiger partial charge in [-0.2, -0.15) is 0 Å². The summed E-state index contributed by atoms with van der Waals surface area (Å²) in [6.07, 6.45) is 13.0. The van der Waals surface area contributed by atoms with Gasteiger partial charge in [-0.15, -0.1) is 0 Å². The van der Waals surface area contributed by atoms with Crippen molar-refractivity contribution in [1.29, 1.82) is 0 Å². The molecule has 3 rings (SSSR count). The summed E-state index contributed by atoms with van der Waals surface area (Å²) in [5, 5.41) is 5.36. The molecule has 1 aliphatic heterocycles. The minimum absolute atomic E-state index is 0.165. The Morgan fingerprint density at radius 2 is 1.88 bits per heavy atom. The van der Waals surface area contributed by atoms with E-state index in [1.54, 1.807) is 0 Å². The molecule has 0 bridgehead atoms. The molecule has 2 aliphatic carbocycles. The van der Waals surface area contributed by atoms with Crippen molar-refractivity contribution in [1.82, 2.24) is 10.6 Å². The standard InChI is InChI=1S/C19H30N2O4/c22-17(20-12-9-15-7-3-1-4-8-15)18(23)21-13-16-14-24-19(25-16)10-5-2-6-11-19/h7,16H,1-6,8-14H2,(H,20,22)(H,21,23)/t16-/m0/s1. The molecule has 1 atom stereocenters. The lowest BCUT2D eigenvalue weighted by molar-refractivity contribution is -0.186. The lowest BCUT2D eigenvalue weighted by Gasteiger charge is -2.31. The molecule has 25 heavy (non-hydrogen) atoms. The van der Waals surface area contributed by atoms with E-state index in [0.29, 0.717) is 19.7 Å². The number of hydrogen-bond acceptors (Lipinski definition) is 4. The summed E-state index contributed by atoms with van der Waals surface area (Å²) in [5.74, 6) is -1.60. The molecule has 1 heterocycles. The lowest BCUT2D eigenvalue weighted by Crippen LogP contribution is -2.44. The van der Waals surface area contributed by atoms with Crippen LogP contribution in [0.15, 0.2) is 11.6 Å². The van der Waals surface area contributed by atoms with Gasteiger partial charge >= 0.3 is 11.8 Å². The fourth-order valence-corrected chi connectivity index (χ4v) is 3.91. The van der Waals surface area contributed by atoms with E-state index in [-0.39, 0.29) is 6.10 Å². The fourth-order valence-electron chi connectivity index (χ4n) is 3.91. The van der Waals surface area contributed by atoms with Crippen LogP contribution in [-0.2, 0) is 19.1 Å². The predicted molar refractivity (Wildman–Crippen MR) is 93.8 cm³/mol. The number of amides is 2. The topological polar surface area (TPSA) is 76.7 Å². The van der Waals surface area contributed by atoms with Crippen LogP contribution in [0.2, 0.25) is 0 Å². The normalized spacial score (nSPS) is 25.4. The zero-order valence-corrected chi connectivity index (χ0v) is 15.0. The van der Waals surface area contributed by atoms with E-state index < -0.39 is 17.6 Å². The maximum Gasteiger partial charge on any atom is 0.309 e. The highest BCUT2D eigenvalue weighted by molar-refractivity contribution is 6.35. The number of ether oxygens (including phenoxy) is 2. The first-order valence-electron chi connectivity index (χ1n) is 9.73. The molecule has 0 aromatic rings. The van der Waals surface area contributed by atoms with Crippen molar-refractivity contribution in [2.75, 3.05) is 19.7 Å². The van der Waals surface area contributed by atoms with Crippen molar-refractivity contribution in [3.05, 3.63) is 11.6 Å². The fraction of sp³-hybridized carbons (Fsp3) is 0.789. The number of nitrogens with one attached hydrogen (secondary N) is 2. The van der Waals surface area contributed by atoms with E-state index in [1.165, 1.54) is 24.8 Å². The minimum Gasteiger partial charge on any atom is -0.348 e. The molecule has 1 spiro atoms. The average molecular weight is 350 g/mol. The van der Waals surface area contributed by atoms with Gasteiger partial charge in [0.05, 0.1) is 6.61 Å². The molecule has 2 fully saturated rings. The molecule has 0 radical (unpaired) electrons. The Balaban J connectivity index is 1.32. The Morgan fingerprint density at radius 1 is 1.08 bits per heavy atom. The number of hydrogen-bond donors (Lipinski definition) is 2. The average Bonchev–Trinajstić information content (AvgIpc) is 3.03. The highest BCUT2D eigenvalue weighted by Crippen LogP contribution is 2.37. The van der Waals surface area contributed by atoms with Crippen LogP contribution in [0, 0.1) is 0 Å². The van der Waals surface area contributed by atoms with Crippen molar-refractivity contribution in [2.45, 2.75) is 76.1 Å². The van der Waals surface area contributed by atoms with Crippen LogP contribution < -0.4 is 10.6 Å². The Hall–Kier alpha value is -1.40. The van der Waals surface area contributed by atoms with E-state index in [2.05, 4.69) is 16.7 Å². The van der Waals surface area contributed by atoms with Crippen molar-refractivity contribution >= 4 is 11.8 Å². The van der Waals surface area contributed by atoms with Crippen LogP contribution >= 0.6 is 0 Å². The SMILES string of the molecule is O=C(NCCC1=CCCCC1)C(=O)NC[C@H]1COC2(CCCCC2)O1. The number of carbonyl (C=O) groups is 2. The van der Waals surface area contributed by atoms with Crippen molar-refractivity contribution in [3.63, 3.8) is 0 Å². The van der Waals surface area contributed by atoms with Crippen LogP contribution in [0.25, 0.3) is 0 Å². The smallest absolute Gasteiger partial charge is 0.309 e. The summed E-state index contributed by atoms with van der Waals surface area (Å²) >= 11 is 0. The molecule has 6 nitrogen and oxygen atoms in total. The van der Waals surface area contributed by atoms with Gasteiger partial charge in [0.15, 0.2) is 5.79 Å². The zero-order chi connectivity index (χ0) is 17.5. The summed E-state index contributed by atoms with van der Waals surface area (Å²) in [5.41, 5.74) is 1.39. The highest BCUT2D eigenvalue weighted by atomic mass is 16.7. The monoisotopic (exact) mass is 350 g/mol. The first-order chi connectivity index (χ1) is 12.2. The van der Waals surface area contributed by atoms with E-state index in [1.807, 2.05) is 0 Å². The molecule has 0 aromatic carbocycles. The van der Waals surface area contributed by atoms with Gasteiger partial charge in [0.2, 0.25) is 0 Å². The van der Waals surface area contributed by atoms with Crippen LogP contribution in [0.3, 0.4) is 0 Å². The summed E-state index contributed by atoms with van der Waals surface area (Å²) in [4.78, 5) is 23.8. The van der Waals surface area contributed by atoms with Crippen LogP contribution in [0.1, 0.15) is 64.2 Å². The van der Waals surface area contributed by atoms with Crippen LogP contribution in [0.4, 0.5) is 0 Å². The maximum atomic E-state index is 11.9. The molecule has 0 unspecified atom stereocenters.